The number of nitrogens with zero attached hydrogens (tertiary/aromatic N) is 5. The van der Waals surface area contributed by atoms with Crippen molar-refractivity contribution in [2.45, 2.75) is 13.5 Å². The molecule has 8 heteroatoms. The monoisotopic (exact) mass is 420 g/mol. The molecule has 26 heavy (non-hydrogen) atoms. The number of halogens is 2. The van der Waals surface area contributed by atoms with Gasteiger partial charge in [-0.2, -0.15) is 0 Å². The molecule has 0 atom stereocenters. The van der Waals surface area contributed by atoms with Gasteiger partial charge in [-0.05, 0) is 31.2 Å². The highest BCUT2D eigenvalue weighted by Gasteiger charge is 2.21. The molecule has 1 N–H and O–H groups in total. The Labute approximate surface area is 161 Å². The van der Waals surface area contributed by atoms with E-state index in [1.165, 1.54) is 6.07 Å². The van der Waals surface area contributed by atoms with E-state index in [9.17, 15) is 4.39 Å². The summed E-state index contributed by atoms with van der Waals surface area (Å²) in [6, 6.07) is 6.74. The van der Waals surface area contributed by atoms with Crippen LogP contribution in [-0.4, -0.2) is 53.6 Å². The fourth-order valence-electron chi connectivity index (χ4n) is 2.82. The number of guanidine groups is 1. The van der Waals surface area contributed by atoms with Crippen molar-refractivity contribution in [1.82, 2.24) is 20.2 Å². The number of aliphatic imine (C=N–C) groups is 1. The van der Waals surface area contributed by atoms with Gasteiger partial charge in [-0.15, -0.1) is 0 Å². The van der Waals surface area contributed by atoms with Gasteiger partial charge >= 0.3 is 0 Å². The first-order valence-corrected chi connectivity index (χ1v) is 9.46. The van der Waals surface area contributed by atoms with Gasteiger partial charge in [0.2, 0.25) is 5.95 Å². The van der Waals surface area contributed by atoms with Gasteiger partial charge in [-0.3, -0.25) is 0 Å². The molecule has 1 aliphatic heterocycles. The van der Waals surface area contributed by atoms with Crippen LogP contribution < -0.4 is 10.2 Å². The van der Waals surface area contributed by atoms with Crippen molar-refractivity contribution < 1.29 is 4.39 Å². The number of piperazine rings is 1. The van der Waals surface area contributed by atoms with Crippen molar-refractivity contribution in [3.63, 3.8) is 0 Å². The normalized spacial score (nSPS) is 15.3. The Balaban J connectivity index is 1.66. The minimum atomic E-state index is -0.237. The minimum Gasteiger partial charge on any atom is -0.357 e. The quantitative estimate of drug-likeness (QED) is 0.608. The molecule has 1 saturated heterocycles. The zero-order valence-electron chi connectivity index (χ0n) is 14.7. The van der Waals surface area contributed by atoms with Crippen LogP contribution >= 0.6 is 15.9 Å². The average Bonchev–Trinajstić information content (AvgIpc) is 2.68. The zero-order valence-corrected chi connectivity index (χ0v) is 16.3. The largest absolute Gasteiger partial charge is 0.357 e. The lowest BCUT2D eigenvalue weighted by molar-refractivity contribution is 0.370. The molecule has 0 spiro atoms. The Kier molecular flexibility index (Phi) is 6.38. The zero-order chi connectivity index (χ0) is 18.4. The number of aromatic nitrogens is 2. The SMILES string of the molecule is CCNC(=NCc1cc(Br)ccc1F)N1CCN(c2ncccn2)CC1. The number of benzene rings is 1. The number of hydrogen-bond acceptors (Lipinski definition) is 4. The summed E-state index contributed by atoms with van der Waals surface area (Å²) in [5, 5.41) is 3.30. The van der Waals surface area contributed by atoms with Crippen LogP contribution in [0, 0.1) is 5.82 Å². The fraction of sp³-hybridized carbons (Fsp3) is 0.389. The van der Waals surface area contributed by atoms with E-state index in [2.05, 4.69) is 46.0 Å². The van der Waals surface area contributed by atoms with Gasteiger partial charge in [0.05, 0.1) is 6.54 Å². The second kappa shape index (κ2) is 8.93. The van der Waals surface area contributed by atoms with E-state index in [1.807, 2.05) is 13.0 Å². The average molecular weight is 421 g/mol. The molecule has 2 aromatic rings. The van der Waals surface area contributed by atoms with E-state index in [0.717, 1.165) is 49.1 Å². The molecule has 2 heterocycles. The lowest BCUT2D eigenvalue weighted by Gasteiger charge is -2.36. The van der Waals surface area contributed by atoms with E-state index in [-0.39, 0.29) is 5.82 Å². The highest BCUT2D eigenvalue weighted by atomic mass is 79.9. The first-order chi connectivity index (χ1) is 12.7. The highest BCUT2D eigenvalue weighted by molar-refractivity contribution is 9.10. The molecular weight excluding hydrogens is 399 g/mol. The molecule has 6 nitrogen and oxygen atoms in total. The molecular formula is C18H22BrFN6. The van der Waals surface area contributed by atoms with Gasteiger partial charge in [-0.1, -0.05) is 15.9 Å². The standard InChI is InChI=1S/C18H22BrFN6/c1-2-21-17(24-13-14-12-15(19)4-5-16(14)20)25-8-10-26(11-9-25)18-22-6-3-7-23-18/h3-7,12H,2,8-11,13H2,1H3,(H,21,24). The maximum atomic E-state index is 13.9. The molecule has 0 amide bonds. The molecule has 1 aliphatic rings. The van der Waals surface area contributed by atoms with Gasteiger partial charge in [-0.25, -0.2) is 19.4 Å². The molecule has 0 radical (unpaired) electrons. The molecule has 0 aliphatic carbocycles. The Hall–Kier alpha value is -2.22. The first-order valence-electron chi connectivity index (χ1n) is 8.66. The molecule has 0 unspecified atom stereocenters. The van der Waals surface area contributed by atoms with Crippen molar-refractivity contribution in [2.24, 2.45) is 4.99 Å². The predicted molar refractivity (Wildman–Crippen MR) is 105 cm³/mol. The van der Waals surface area contributed by atoms with Crippen LogP contribution in [0.15, 0.2) is 46.1 Å². The van der Waals surface area contributed by atoms with Gasteiger partial charge in [0.1, 0.15) is 5.82 Å². The molecule has 1 aromatic heterocycles. The van der Waals surface area contributed by atoms with Crippen molar-refractivity contribution in [1.29, 1.82) is 0 Å². The topological polar surface area (TPSA) is 56.7 Å². The predicted octanol–water partition coefficient (Wildman–Crippen LogP) is 2.67. The lowest BCUT2D eigenvalue weighted by Crippen LogP contribution is -2.53. The van der Waals surface area contributed by atoms with Crippen LogP contribution in [0.5, 0.6) is 0 Å². The van der Waals surface area contributed by atoms with E-state index in [1.54, 1.807) is 24.5 Å². The second-order valence-corrected chi connectivity index (χ2v) is 6.84. The summed E-state index contributed by atoms with van der Waals surface area (Å²) >= 11 is 3.38. The number of anilines is 1. The highest BCUT2D eigenvalue weighted by Crippen LogP contribution is 2.17. The molecule has 1 fully saturated rings. The van der Waals surface area contributed by atoms with E-state index in [4.69, 9.17) is 0 Å². The van der Waals surface area contributed by atoms with Crippen molar-refractivity contribution >= 4 is 27.8 Å². The molecule has 0 saturated carbocycles. The number of hydrogen-bond donors (Lipinski definition) is 1. The van der Waals surface area contributed by atoms with E-state index < -0.39 is 0 Å². The van der Waals surface area contributed by atoms with E-state index in [0.29, 0.717) is 12.1 Å². The van der Waals surface area contributed by atoms with Gasteiger partial charge in [0.15, 0.2) is 5.96 Å². The first kappa shape index (κ1) is 18.6. The summed E-state index contributed by atoms with van der Waals surface area (Å²) in [6.45, 7) is 6.36. The Morgan fingerprint density at radius 3 is 2.65 bits per heavy atom. The number of nitrogens with one attached hydrogen (secondary N) is 1. The second-order valence-electron chi connectivity index (χ2n) is 5.93. The Bertz CT molecular complexity index is 747. The van der Waals surface area contributed by atoms with Crippen molar-refractivity contribution in [3.8, 4) is 0 Å². The Morgan fingerprint density at radius 1 is 1.23 bits per heavy atom. The smallest absolute Gasteiger partial charge is 0.225 e. The lowest BCUT2D eigenvalue weighted by atomic mass is 10.2. The van der Waals surface area contributed by atoms with Gasteiger partial charge in [0, 0.05) is 55.2 Å². The van der Waals surface area contributed by atoms with Crippen molar-refractivity contribution in [2.75, 3.05) is 37.6 Å². The van der Waals surface area contributed by atoms with Crippen molar-refractivity contribution in [3.05, 3.63) is 52.5 Å². The Morgan fingerprint density at radius 2 is 1.96 bits per heavy atom. The van der Waals surface area contributed by atoms with Crippen LogP contribution in [0.25, 0.3) is 0 Å². The summed E-state index contributed by atoms with van der Waals surface area (Å²) in [6.07, 6.45) is 3.51. The van der Waals surface area contributed by atoms with Crippen LogP contribution in [-0.2, 0) is 6.54 Å². The third-order valence-electron chi connectivity index (χ3n) is 4.16. The van der Waals surface area contributed by atoms with Crippen LogP contribution in [0.4, 0.5) is 10.3 Å². The maximum Gasteiger partial charge on any atom is 0.225 e. The summed E-state index contributed by atoms with van der Waals surface area (Å²) in [5.41, 5.74) is 0.575. The molecule has 138 valence electrons. The maximum absolute atomic E-state index is 13.9. The summed E-state index contributed by atoms with van der Waals surface area (Å²) in [5.74, 6) is 1.32. The third kappa shape index (κ3) is 4.69. The van der Waals surface area contributed by atoms with E-state index >= 15 is 0 Å². The summed E-state index contributed by atoms with van der Waals surface area (Å²) < 4.78 is 14.8. The summed E-state index contributed by atoms with van der Waals surface area (Å²) in [7, 11) is 0. The minimum absolute atomic E-state index is 0.237. The van der Waals surface area contributed by atoms with Gasteiger partial charge in [0.25, 0.3) is 0 Å². The van der Waals surface area contributed by atoms with Crippen LogP contribution in [0.1, 0.15) is 12.5 Å². The third-order valence-corrected chi connectivity index (χ3v) is 4.65. The van der Waals surface area contributed by atoms with Gasteiger partial charge < -0.3 is 15.1 Å². The number of rotatable bonds is 4. The molecule has 3 rings (SSSR count). The van der Waals surface area contributed by atoms with Crippen LogP contribution in [0.2, 0.25) is 0 Å². The van der Waals surface area contributed by atoms with Crippen LogP contribution in [0.3, 0.4) is 0 Å². The summed E-state index contributed by atoms with van der Waals surface area (Å²) in [4.78, 5) is 17.6. The molecule has 1 aromatic carbocycles. The fourth-order valence-corrected chi connectivity index (χ4v) is 3.23. The molecule has 0 bridgehead atoms.